The van der Waals surface area contributed by atoms with E-state index in [-0.39, 0.29) is 5.91 Å². The number of hydrogen-bond donors (Lipinski definition) is 1. The highest BCUT2D eigenvalue weighted by atomic mass is 16.5. The SMILES string of the molecule is C=CC(=O)N1CCC(c2ccn3ncnc(Nc4ccc(Oc5ccc6c(c5)ncn6C)cc4)c23)CC1. The molecule has 1 N–H and O–H groups in total. The third-order valence-corrected chi connectivity index (χ3v) is 6.96. The standard InChI is InChI=1S/C28H27N7O2/c1-3-26(36)34-13-10-19(11-14-34)23-12-15-35-27(23)28(29-17-31-35)32-20-4-6-21(7-5-20)37-22-8-9-25-24(16-22)30-18-33(25)2/h3-9,12,15-19H,1,10-11,13-14H2,2H3,(H,29,31,32). The van der Waals surface area contributed by atoms with Crippen LogP contribution >= 0.6 is 0 Å². The lowest BCUT2D eigenvalue weighted by Crippen LogP contribution is -2.36. The molecular formula is C28H27N7O2. The largest absolute Gasteiger partial charge is 0.457 e. The van der Waals surface area contributed by atoms with Gasteiger partial charge in [-0.2, -0.15) is 5.10 Å². The van der Waals surface area contributed by atoms with E-state index in [0.717, 1.165) is 65.5 Å². The number of anilines is 2. The van der Waals surface area contributed by atoms with Crippen LogP contribution in [0.5, 0.6) is 11.5 Å². The van der Waals surface area contributed by atoms with E-state index in [4.69, 9.17) is 4.74 Å². The zero-order valence-corrected chi connectivity index (χ0v) is 20.5. The third kappa shape index (κ3) is 4.40. The van der Waals surface area contributed by atoms with Crippen molar-refractivity contribution in [2.45, 2.75) is 18.8 Å². The van der Waals surface area contributed by atoms with Crippen molar-refractivity contribution in [2.24, 2.45) is 7.05 Å². The highest BCUT2D eigenvalue weighted by Crippen LogP contribution is 2.35. The van der Waals surface area contributed by atoms with E-state index in [9.17, 15) is 4.79 Å². The Kier molecular flexibility index (Phi) is 5.80. The van der Waals surface area contributed by atoms with Gasteiger partial charge in [-0.3, -0.25) is 4.79 Å². The molecule has 1 aliphatic rings. The van der Waals surface area contributed by atoms with Crippen molar-refractivity contribution >= 4 is 34.0 Å². The second-order valence-corrected chi connectivity index (χ2v) is 9.23. The number of piperidine rings is 1. The summed E-state index contributed by atoms with van der Waals surface area (Å²) in [6.45, 7) is 5.05. The minimum absolute atomic E-state index is 0.00409. The summed E-state index contributed by atoms with van der Waals surface area (Å²) in [6.07, 6.45) is 8.49. The Balaban J connectivity index is 1.19. The number of rotatable bonds is 6. The average molecular weight is 494 g/mol. The maximum absolute atomic E-state index is 12.0. The molecule has 0 spiro atoms. The normalized spacial score (nSPS) is 14.2. The van der Waals surface area contributed by atoms with Crippen LogP contribution in [0.1, 0.15) is 24.3 Å². The number of fused-ring (bicyclic) bond motifs is 2. The number of nitrogens with one attached hydrogen (secondary N) is 1. The first-order valence-electron chi connectivity index (χ1n) is 12.3. The fourth-order valence-corrected chi connectivity index (χ4v) is 5.00. The lowest BCUT2D eigenvalue weighted by atomic mass is 9.90. The van der Waals surface area contributed by atoms with Crippen molar-refractivity contribution in [3.05, 3.63) is 85.6 Å². The Bertz CT molecular complexity index is 1590. The number of aromatic nitrogens is 5. The maximum atomic E-state index is 12.0. The van der Waals surface area contributed by atoms with E-state index < -0.39 is 0 Å². The van der Waals surface area contributed by atoms with Crippen LogP contribution in [0.15, 0.2) is 80.0 Å². The molecule has 186 valence electrons. The van der Waals surface area contributed by atoms with Gasteiger partial charge in [0.2, 0.25) is 5.91 Å². The van der Waals surface area contributed by atoms with Crippen molar-refractivity contribution in [3.8, 4) is 11.5 Å². The first kappa shape index (κ1) is 22.8. The monoisotopic (exact) mass is 493 g/mol. The molecule has 0 aliphatic carbocycles. The lowest BCUT2D eigenvalue weighted by molar-refractivity contribution is -0.127. The van der Waals surface area contributed by atoms with Gasteiger partial charge in [-0.25, -0.2) is 14.5 Å². The van der Waals surface area contributed by atoms with Gasteiger partial charge in [-0.1, -0.05) is 6.58 Å². The number of carbonyl (C=O) groups excluding carboxylic acids is 1. The Hall–Kier alpha value is -4.66. The molecule has 1 aliphatic heterocycles. The Morgan fingerprint density at radius 1 is 1.08 bits per heavy atom. The van der Waals surface area contributed by atoms with E-state index in [0.29, 0.717) is 5.92 Å². The summed E-state index contributed by atoms with van der Waals surface area (Å²) >= 11 is 0. The number of ether oxygens (including phenoxy) is 1. The molecule has 5 aromatic rings. The van der Waals surface area contributed by atoms with Crippen LogP contribution in [-0.2, 0) is 11.8 Å². The van der Waals surface area contributed by atoms with Gasteiger partial charge in [0.05, 0.1) is 17.4 Å². The van der Waals surface area contributed by atoms with Crippen molar-refractivity contribution in [3.63, 3.8) is 0 Å². The molecule has 37 heavy (non-hydrogen) atoms. The van der Waals surface area contributed by atoms with Crippen molar-refractivity contribution in [2.75, 3.05) is 18.4 Å². The van der Waals surface area contributed by atoms with E-state index in [1.165, 1.54) is 11.6 Å². The van der Waals surface area contributed by atoms with E-state index in [1.54, 1.807) is 12.7 Å². The van der Waals surface area contributed by atoms with Crippen LogP contribution in [0, 0.1) is 0 Å². The highest BCUT2D eigenvalue weighted by molar-refractivity contribution is 5.87. The average Bonchev–Trinajstić information content (AvgIpc) is 3.53. The zero-order chi connectivity index (χ0) is 25.4. The fraction of sp³-hybridized carbons (Fsp3) is 0.214. The third-order valence-electron chi connectivity index (χ3n) is 6.96. The molecule has 2 aromatic carbocycles. The first-order chi connectivity index (χ1) is 18.1. The van der Waals surface area contributed by atoms with Crippen molar-refractivity contribution in [1.29, 1.82) is 0 Å². The van der Waals surface area contributed by atoms with Gasteiger partial charge in [-0.05, 0) is 72.9 Å². The van der Waals surface area contributed by atoms with Gasteiger partial charge in [0.25, 0.3) is 0 Å². The molecule has 4 heterocycles. The molecule has 1 saturated heterocycles. The van der Waals surface area contributed by atoms with Crippen molar-refractivity contribution < 1.29 is 9.53 Å². The molecule has 3 aromatic heterocycles. The number of nitrogens with zero attached hydrogens (tertiary/aromatic N) is 6. The van der Waals surface area contributed by atoms with E-state index in [2.05, 4.69) is 33.0 Å². The smallest absolute Gasteiger partial charge is 0.245 e. The number of imidazole rings is 1. The van der Waals surface area contributed by atoms with Crippen LogP contribution in [0.3, 0.4) is 0 Å². The van der Waals surface area contributed by atoms with Crippen LogP contribution < -0.4 is 10.1 Å². The number of amides is 1. The van der Waals surface area contributed by atoms with Crippen LogP contribution in [-0.4, -0.2) is 48.0 Å². The molecule has 0 radical (unpaired) electrons. The molecule has 1 fully saturated rings. The summed E-state index contributed by atoms with van der Waals surface area (Å²) in [4.78, 5) is 22.8. The van der Waals surface area contributed by atoms with Crippen LogP contribution in [0.25, 0.3) is 16.6 Å². The molecule has 0 atom stereocenters. The summed E-state index contributed by atoms with van der Waals surface area (Å²) in [6, 6.07) is 15.8. The molecule has 1 amide bonds. The molecular weight excluding hydrogens is 466 g/mol. The second-order valence-electron chi connectivity index (χ2n) is 9.23. The van der Waals surface area contributed by atoms with Gasteiger partial charge in [0, 0.05) is 38.1 Å². The second kappa shape index (κ2) is 9.42. The number of benzene rings is 2. The Labute approximate surface area is 214 Å². The lowest BCUT2D eigenvalue weighted by Gasteiger charge is -2.31. The summed E-state index contributed by atoms with van der Waals surface area (Å²) in [5.74, 6) is 2.54. The number of likely N-dealkylation sites (tertiary alicyclic amines) is 1. The Morgan fingerprint density at radius 3 is 2.65 bits per heavy atom. The molecule has 9 nitrogen and oxygen atoms in total. The van der Waals surface area contributed by atoms with Gasteiger partial charge in [-0.15, -0.1) is 0 Å². The highest BCUT2D eigenvalue weighted by Gasteiger charge is 2.25. The number of carbonyl (C=O) groups is 1. The van der Waals surface area contributed by atoms with Crippen LogP contribution in [0.4, 0.5) is 11.5 Å². The van der Waals surface area contributed by atoms with Crippen LogP contribution in [0.2, 0.25) is 0 Å². The minimum Gasteiger partial charge on any atom is -0.457 e. The number of aryl methyl sites for hydroxylation is 1. The quantitative estimate of drug-likeness (QED) is 0.333. The molecule has 6 rings (SSSR count). The topological polar surface area (TPSA) is 89.6 Å². The minimum atomic E-state index is -0.00409. The summed E-state index contributed by atoms with van der Waals surface area (Å²) in [5.41, 5.74) is 5.00. The zero-order valence-electron chi connectivity index (χ0n) is 20.5. The summed E-state index contributed by atoms with van der Waals surface area (Å²) in [5, 5.41) is 7.85. The summed E-state index contributed by atoms with van der Waals surface area (Å²) < 4.78 is 9.89. The molecule has 0 bridgehead atoms. The predicted octanol–water partition coefficient (Wildman–Crippen LogP) is 5.04. The van der Waals surface area contributed by atoms with Gasteiger partial charge >= 0.3 is 0 Å². The van der Waals surface area contributed by atoms with Gasteiger partial charge in [0.15, 0.2) is 5.82 Å². The Morgan fingerprint density at radius 2 is 1.86 bits per heavy atom. The predicted molar refractivity (Wildman–Crippen MR) is 142 cm³/mol. The fourth-order valence-electron chi connectivity index (χ4n) is 5.00. The van der Waals surface area contributed by atoms with Gasteiger partial charge < -0.3 is 19.5 Å². The molecule has 0 unspecified atom stereocenters. The van der Waals surface area contributed by atoms with Gasteiger partial charge in [0.1, 0.15) is 23.3 Å². The van der Waals surface area contributed by atoms with Crippen molar-refractivity contribution in [1.82, 2.24) is 29.0 Å². The maximum Gasteiger partial charge on any atom is 0.245 e. The number of hydrogen-bond acceptors (Lipinski definition) is 6. The first-order valence-corrected chi connectivity index (χ1v) is 12.3. The van der Waals surface area contributed by atoms with E-state index in [1.807, 2.05) is 69.7 Å². The van der Waals surface area contributed by atoms with E-state index >= 15 is 0 Å². The summed E-state index contributed by atoms with van der Waals surface area (Å²) in [7, 11) is 1.97. The molecule has 9 heteroatoms. The molecule has 0 saturated carbocycles.